The van der Waals surface area contributed by atoms with Crippen molar-refractivity contribution in [1.82, 2.24) is 10.2 Å². The Labute approximate surface area is 81.9 Å². The predicted molar refractivity (Wildman–Crippen MR) is 51.2 cm³/mol. The van der Waals surface area contributed by atoms with Crippen LogP contribution in [0.2, 0.25) is 0 Å². The average molecular weight is 195 g/mol. The van der Waals surface area contributed by atoms with Crippen LogP contribution in [-0.2, 0) is 5.41 Å². The third-order valence-corrected chi connectivity index (χ3v) is 4.00. The number of nitrogen functional groups attached to an aromatic ring is 1. The zero-order chi connectivity index (χ0) is 9.76. The van der Waals surface area contributed by atoms with E-state index in [1.807, 2.05) is 0 Å². The van der Waals surface area contributed by atoms with E-state index < -0.39 is 0 Å². The molecule has 3 rings (SSSR count). The van der Waals surface area contributed by atoms with Gasteiger partial charge < -0.3 is 5.73 Å². The van der Waals surface area contributed by atoms with Crippen molar-refractivity contribution in [2.45, 2.75) is 37.5 Å². The first-order valence-electron chi connectivity index (χ1n) is 5.21. The lowest BCUT2D eigenvalue weighted by Crippen LogP contribution is -2.21. The summed E-state index contributed by atoms with van der Waals surface area (Å²) in [6.45, 7) is 0. The topological polar surface area (TPSA) is 54.7 Å². The minimum absolute atomic E-state index is 0.0183. The maximum absolute atomic E-state index is 13.6. The summed E-state index contributed by atoms with van der Waals surface area (Å²) in [5, 5.41) is 6.53. The molecule has 1 aromatic heterocycles. The van der Waals surface area contributed by atoms with Crippen LogP contribution in [-0.4, -0.2) is 10.2 Å². The molecule has 0 atom stereocenters. The van der Waals surface area contributed by atoms with Gasteiger partial charge in [-0.25, -0.2) is 4.39 Å². The normalized spacial score (nSPS) is 35.4. The van der Waals surface area contributed by atoms with Crippen LogP contribution in [0.3, 0.4) is 0 Å². The summed E-state index contributed by atoms with van der Waals surface area (Å²) in [5.41, 5.74) is 6.12. The Morgan fingerprint density at radius 3 is 2.57 bits per heavy atom. The lowest BCUT2D eigenvalue weighted by atomic mass is 9.81. The molecule has 0 saturated heterocycles. The Balaban J connectivity index is 2.06. The molecular formula is C10H14FN3. The molecule has 2 bridgehead atoms. The Hall–Kier alpha value is -1.06. The number of H-pyrrole nitrogens is 1. The fourth-order valence-electron chi connectivity index (χ4n) is 3.24. The van der Waals surface area contributed by atoms with Crippen LogP contribution < -0.4 is 5.73 Å². The highest BCUT2D eigenvalue weighted by atomic mass is 19.1. The van der Waals surface area contributed by atoms with E-state index in [-0.39, 0.29) is 17.1 Å². The minimum atomic E-state index is -0.312. The fraction of sp³-hybridized carbons (Fsp3) is 0.700. The SMILES string of the molecule is Nc1n[nH]c(C23CCC(CC2)C3)c1F. The van der Waals surface area contributed by atoms with Gasteiger partial charge in [-0.15, -0.1) is 0 Å². The Bertz CT molecular complexity index is 363. The smallest absolute Gasteiger partial charge is 0.188 e. The van der Waals surface area contributed by atoms with Crippen molar-refractivity contribution in [3.05, 3.63) is 11.5 Å². The van der Waals surface area contributed by atoms with Crippen molar-refractivity contribution < 1.29 is 4.39 Å². The molecule has 2 fully saturated rings. The predicted octanol–water partition coefficient (Wildman–Crippen LogP) is 1.96. The van der Waals surface area contributed by atoms with Crippen molar-refractivity contribution in [3.8, 4) is 0 Å². The molecule has 0 amide bonds. The van der Waals surface area contributed by atoms with Crippen LogP contribution in [0, 0.1) is 11.7 Å². The van der Waals surface area contributed by atoms with E-state index in [0.717, 1.165) is 25.2 Å². The lowest BCUT2D eigenvalue weighted by Gasteiger charge is -2.24. The molecule has 2 aliphatic rings. The number of nitrogens with two attached hydrogens (primary N) is 1. The van der Waals surface area contributed by atoms with Crippen molar-refractivity contribution in [2.24, 2.45) is 5.92 Å². The van der Waals surface area contributed by atoms with Gasteiger partial charge in [-0.3, -0.25) is 5.10 Å². The molecule has 3 nitrogen and oxygen atoms in total. The molecule has 0 unspecified atom stereocenters. The number of anilines is 1. The Morgan fingerprint density at radius 1 is 1.43 bits per heavy atom. The van der Waals surface area contributed by atoms with Crippen molar-refractivity contribution in [1.29, 1.82) is 0 Å². The van der Waals surface area contributed by atoms with E-state index in [9.17, 15) is 4.39 Å². The quantitative estimate of drug-likeness (QED) is 0.719. The average Bonchev–Trinajstić information content (AvgIpc) is 2.83. The first-order chi connectivity index (χ1) is 6.71. The Kier molecular flexibility index (Phi) is 1.47. The number of nitrogens with zero attached hydrogens (tertiary/aromatic N) is 1. The molecule has 0 radical (unpaired) electrons. The zero-order valence-electron chi connectivity index (χ0n) is 8.02. The molecule has 1 aromatic rings. The van der Waals surface area contributed by atoms with Crippen molar-refractivity contribution in [3.63, 3.8) is 0 Å². The van der Waals surface area contributed by atoms with Gasteiger partial charge in [0.25, 0.3) is 0 Å². The standard InChI is InChI=1S/C10H14FN3/c11-7-8(13-14-9(7)12)10-3-1-6(5-10)2-4-10/h6H,1-5H2,(H3,12,13,14). The van der Waals surface area contributed by atoms with Crippen molar-refractivity contribution in [2.75, 3.05) is 5.73 Å². The van der Waals surface area contributed by atoms with Gasteiger partial charge in [0.05, 0.1) is 5.69 Å². The monoisotopic (exact) mass is 195 g/mol. The highest BCUT2D eigenvalue weighted by Crippen LogP contribution is 2.55. The molecule has 2 aliphatic carbocycles. The first-order valence-corrected chi connectivity index (χ1v) is 5.21. The zero-order valence-corrected chi connectivity index (χ0v) is 8.02. The summed E-state index contributed by atoms with van der Waals surface area (Å²) in [6, 6.07) is 0. The maximum atomic E-state index is 13.6. The lowest BCUT2D eigenvalue weighted by molar-refractivity contribution is 0.392. The summed E-state index contributed by atoms with van der Waals surface area (Å²) in [6.07, 6.45) is 5.77. The minimum Gasteiger partial charge on any atom is -0.380 e. The Morgan fingerprint density at radius 2 is 2.14 bits per heavy atom. The van der Waals surface area contributed by atoms with Gasteiger partial charge in [0.1, 0.15) is 0 Å². The van der Waals surface area contributed by atoms with Gasteiger partial charge in [0.2, 0.25) is 0 Å². The second-order valence-corrected chi connectivity index (χ2v) is 4.73. The molecule has 2 saturated carbocycles. The molecule has 1 heterocycles. The third-order valence-electron chi connectivity index (χ3n) is 4.00. The number of aromatic nitrogens is 2. The first kappa shape index (κ1) is 8.26. The van der Waals surface area contributed by atoms with Gasteiger partial charge in [-0.05, 0) is 38.0 Å². The van der Waals surface area contributed by atoms with Gasteiger partial charge in [0, 0.05) is 5.41 Å². The molecule has 0 aromatic carbocycles. The summed E-state index contributed by atoms with van der Waals surface area (Å²) >= 11 is 0. The van der Waals surface area contributed by atoms with E-state index in [4.69, 9.17) is 5.73 Å². The molecule has 4 heteroatoms. The fourth-order valence-corrected chi connectivity index (χ4v) is 3.24. The number of halogens is 1. The van der Waals surface area contributed by atoms with E-state index in [1.165, 1.54) is 12.8 Å². The maximum Gasteiger partial charge on any atom is 0.188 e. The van der Waals surface area contributed by atoms with Crippen LogP contribution in [0.15, 0.2) is 0 Å². The summed E-state index contributed by atoms with van der Waals surface area (Å²) in [7, 11) is 0. The van der Waals surface area contributed by atoms with E-state index in [0.29, 0.717) is 5.69 Å². The largest absolute Gasteiger partial charge is 0.380 e. The van der Waals surface area contributed by atoms with E-state index in [1.54, 1.807) is 0 Å². The summed E-state index contributed by atoms with van der Waals surface area (Å²) in [4.78, 5) is 0. The number of aromatic amines is 1. The van der Waals surface area contributed by atoms with Crippen LogP contribution in [0.25, 0.3) is 0 Å². The van der Waals surface area contributed by atoms with Gasteiger partial charge >= 0.3 is 0 Å². The van der Waals surface area contributed by atoms with Gasteiger partial charge in [-0.1, -0.05) is 0 Å². The number of hydrogen-bond donors (Lipinski definition) is 2. The molecule has 76 valence electrons. The summed E-state index contributed by atoms with van der Waals surface area (Å²) < 4.78 is 13.6. The van der Waals surface area contributed by atoms with Crippen molar-refractivity contribution >= 4 is 5.82 Å². The second-order valence-electron chi connectivity index (χ2n) is 4.73. The van der Waals surface area contributed by atoms with Crippen LogP contribution in [0.5, 0.6) is 0 Å². The molecule has 0 spiro atoms. The van der Waals surface area contributed by atoms with Crippen LogP contribution in [0.4, 0.5) is 10.2 Å². The number of nitrogens with one attached hydrogen (secondary N) is 1. The van der Waals surface area contributed by atoms with Gasteiger partial charge in [-0.2, -0.15) is 5.10 Å². The number of fused-ring (bicyclic) bond motifs is 2. The molecular weight excluding hydrogens is 181 g/mol. The van der Waals surface area contributed by atoms with E-state index >= 15 is 0 Å². The summed E-state index contributed by atoms with van der Waals surface area (Å²) in [5.74, 6) is 0.510. The number of rotatable bonds is 1. The highest BCUT2D eigenvalue weighted by Gasteiger charge is 2.48. The molecule has 14 heavy (non-hydrogen) atoms. The van der Waals surface area contributed by atoms with Gasteiger partial charge in [0.15, 0.2) is 11.6 Å². The number of hydrogen-bond acceptors (Lipinski definition) is 2. The highest BCUT2D eigenvalue weighted by molar-refractivity contribution is 5.36. The molecule has 3 N–H and O–H groups in total. The van der Waals surface area contributed by atoms with Crippen LogP contribution in [0.1, 0.15) is 37.8 Å². The third kappa shape index (κ3) is 0.885. The van der Waals surface area contributed by atoms with Crippen LogP contribution >= 0.6 is 0 Å². The van der Waals surface area contributed by atoms with E-state index in [2.05, 4.69) is 10.2 Å². The second kappa shape index (κ2) is 2.49. The molecule has 0 aliphatic heterocycles.